The molecule has 0 fully saturated rings. The predicted octanol–water partition coefficient (Wildman–Crippen LogP) is 3.02. The highest BCUT2D eigenvalue weighted by Crippen LogP contribution is 2.35. The molecule has 24 heavy (non-hydrogen) atoms. The second-order valence-corrected chi connectivity index (χ2v) is 6.67. The Morgan fingerprint density at radius 2 is 2.25 bits per heavy atom. The number of anilines is 1. The number of aromatic amines is 1. The van der Waals surface area contributed by atoms with Gasteiger partial charge in [0, 0.05) is 22.6 Å². The highest BCUT2D eigenvalue weighted by Gasteiger charge is 2.27. The maximum Gasteiger partial charge on any atom is 0.256 e. The van der Waals surface area contributed by atoms with Gasteiger partial charge in [-0.05, 0) is 74.1 Å². The van der Waals surface area contributed by atoms with Gasteiger partial charge in [-0.1, -0.05) is 0 Å². The van der Waals surface area contributed by atoms with E-state index in [0.29, 0.717) is 29.3 Å². The van der Waals surface area contributed by atoms with Gasteiger partial charge in [-0.25, -0.2) is 4.39 Å². The van der Waals surface area contributed by atoms with Crippen LogP contribution in [-0.2, 0) is 17.6 Å². The first-order valence-electron chi connectivity index (χ1n) is 8.30. The van der Waals surface area contributed by atoms with Crippen LogP contribution in [0.4, 0.5) is 10.1 Å². The van der Waals surface area contributed by atoms with Crippen molar-refractivity contribution in [2.45, 2.75) is 26.2 Å². The second-order valence-electron chi connectivity index (χ2n) is 6.67. The first-order chi connectivity index (χ1) is 11.6. The molecule has 1 aliphatic carbocycles. The van der Waals surface area contributed by atoms with Crippen molar-refractivity contribution in [2.75, 3.05) is 11.9 Å². The Morgan fingerprint density at radius 3 is 3.04 bits per heavy atom. The van der Waals surface area contributed by atoms with Crippen molar-refractivity contribution in [3.63, 3.8) is 0 Å². The third-order valence-electron chi connectivity index (χ3n) is 5.19. The average molecular weight is 325 g/mol. The van der Waals surface area contributed by atoms with Crippen molar-refractivity contribution in [3.8, 4) is 0 Å². The summed E-state index contributed by atoms with van der Waals surface area (Å²) in [6, 6.07) is 4.36. The fourth-order valence-corrected chi connectivity index (χ4v) is 3.77. The number of amides is 1. The molecular formula is C19H20FN3O. The first kappa shape index (κ1) is 15.1. The number of halogens is 1. The third kappa shape index (κ3) is 2.36. The van der Waals surface area contributed by atoms with E-state index in [1.807, 2.05) is 6.08 Å². The lowest BCUT2D eigenvalue weighted by atomic mass is 9.86. The number of nitrogens with one attached hydrogen (secondary N) is 2. The molecule has 2 heterocycles. The third-order valence-corrected chi connectivity index (χ3v) is 5.19. The molecule has 5 heteroatoms. The van der Waals surface area contributed by atoms with E-state index in [-0.39, 0.29) is 11.7 Å². The Hall–Kier alpha value is -2.40. The highest BCUT2D eigenvalue weighted by atomic mass is 19.1. The molecule has 1 amide bonds. The van der Waals surface area contributed by atoms with Crippen LogP contribution in [0.25, 0.3) is 11.6 Å². The number of nitrogens with two attached hydrogens (primary N) is 1. The zero-order valence-corrected chi connectivity index (χ0v) is 13.6. The molecule has 2 aliphatic rings. The van der Waals surface area contributed by atoms with Crippen LogP contribution in [0.5, 0.6) is 0 Å². The molecule has 1 unspecified atom stereocenters. The number of carbonyl (C=O) groups excluding carboxylic acids is 1. The van der Waals surface area contributed by atoms with Gasteiger partial charge in [0.2, 0.25) is 0 Å². The lowest BCUT2D eigenvalue weighted by Gasteiger charge is -2.20. The molecule has 1 aromatic carbocycles. The molecule has 4 nitrogen and oxygen atoms in total. The van der Waals surface area contributed by atoms with Gasteiger partial charge in [0.15, 0.2) is 0 Å². The molecule has 1 aromatic heterocycles. The van der Waals surface area contributed by atoms with Crippen LogP contribution in [0.2, 0.25) is 0 Å². The van der Waals surface area contributed by atoms with Gasteiger partial charge in [-0.2, -0.15) is 0 Å². The van der Waals surface area contributed by atoms with E-state index in [4.69, 9.17) is 5.73 Å². The van der Waals surface area contributed by atoms with E-state index >= 15 is 0 Å². The molecule has 0 spiro atoms. The van der Waals surface area contributed by atoms with E-state index < -0.39 is 0 Å². The van der Waals surface area contributed by atoms with E-state index in [1.165, 1.54) is 29.0 Å². The Bertz CT molecular complexity index is 866. The molecule has 0 bridgehead atoms. The fourth-order valence-electron chi connectivity index (χ4n) is 3.77. The van der Waals surface area contributed by atoms with Crippen molar-refractivity contribution in [2.24, 2.45) is 11.7 Å². The summed E-state index contributed by atoms with van der Waals surface area (Å²) in [7, 11) is 0. The number of fused-ring (bicyclic) bond motifs is 2. The van der Waals surface area contributed by atoms with Crippen molar-refractivity contribution in [3.05, 3.63) is 52.1 Å². The van der Waals surface area contributed by atoms with Crippen LogP contribution in [0.3, 0.4) is 0 Å². The van der Waals surface area contributed by atoms with Crippen LogP contribution in [0, 0.1) is 18.7 Å². The molecule has 4 N–H and O–H groups in total. The normalized spacial score (nSPS) is 20.9. The maximum atomic E-state index is 13.6. The second kappa shape index (κ2) is 5.60. The monoisotopic (exact) mass is 325 g/mol. The molecule has 0 radical (unpaired) electrons. The molecule has 4 rings (SSSR count). The Balaban J connectivity index is 1.76. The van der Waals surface area contributed by atoms with Crippen LogP contribution in [0.1, 0.15) is 34.5 Å². The topological polar surface area (TPSA) is 70.9 Å². The summed E-state index contributed by atoms with van der Waals surface area (Å²) in [5, 5.41) is 2.79. The van der Waals surface area contributed by atoms with Gasteiger partial charge >= 0.3 is 0 Å². The number of hydrogen-bond acceptors (Lipinski definition) is 2. The van der Waals surface area contributed by atoms with Gasteiger partial charge in [0.05, 0.1) is 5.57 Å². The minimum Gasteiger partial charge on any atom is -0.358 e. The van der Waals surface area contributed by atoms with Gasteiger partial charge in [0.1, 0.15) is 5.82 Å². The van der Waals surface area contributed by atoms with Crippen LogP contribution >= 0.6 is 0 Å². The maximum absolute atomic E-state index is 13.6. The van der Waals surface area contributed by atoms with Crippen molar-refractivity contribution in [1.82, 2.24) is 4.98 Å². The first-order valence-corrected chi connectivity index (χ1v) is 8.30. The minimum atomic E-state index is -0.343. The van der Waals surface area contributed by atoms with E-state index in [0.717, 1.165) is 25.0 Å². The molecule has 0 saturated heterocycles. The zero-order chi connectivity index (χ0) is 16.8. The number of hydrogen-bond donors (Lipinski definition) is 3. The summed E-state index contributed by atoms with van der Waals surface area (Å²) in [4.78, 5) is 15.7. The molecular weight excluding hydrogens is 305 g/mol. The summed E-state index contributed by atoms with van der Waals surface area (Å²) >= 11 is 0. The quantitative estimate of drug-likeness (QED) is 0.743. The van der Waals surface area contributed by atoms with Gasteiger partial charge in [-0.15, -0.1) is 0 Å². The van der Waals surface area contributed by atoms with Crippen LogP contribution in [0.15, 0.2) is 18.2 Å². The number of carbonyl (C=O) groups is 1. The van der Waals surface area contributed by atoms with Crippen LogP contribution in [-0.4, -0.2) is 17.4 Å². The van der Waals surface area contributed by atoms with Crippen LogP contribution < -0.4 is 11.1 Å². The molecule has 124 valence electrons. The number of rotatable bonds is 2. The predicted molar refractivity (Wildman–Crippen MR) is 93.0 cm³/mol. The van der Waals surface area contributed by atoms with E-state index in [1.54, 1.807) is 6.07 Å². The van der Waals surface area contributed by atoms with E-state index in [2.05, 4.69) is 17.2 Å². The van der Waals surface area contributed by atoms with Crippen molar-refractivity contribution in [1.29, 1.82) is 0 Å². The van der Waals surface area contributed by atoms with Gasteiger partial charge in [-0.3, -0.25) is 4.79 Å². The standard InChI is InChI=1S/C19H20FN3O/c1-10-13-4-2-11(9-21)6-18(13)22-17(10)8-15-14-7-12(20)3-5-16(14)23-19(15)24/h3,5,7-8,11,22H,2,4,6,9,21H2,1H3,(H,23,24). The van der Waals surface area contributed by atoms with Crippen molar-refractivity contribution >= 4 is 23.2 Å². The summed E-state index contributed by atoms with van der Waals surface area (Å²) in [6.45, 7) is 2.77. The van der Waals surface area contributed by atoms with Gasteiger partial charge < -0.3 is 16.0 Å². The lowest BCUT2D eigenvalue weighted by Crippen LogP contribution is -2.22. The molecule has 1 aliphatic heterocycles. The summed E-state index contributed by atoms with van der Waals surface area (Å²) in [6.07, 6.45) is 4.91. The number of aromatic nitrogens is 1. The molecule has 1 atom stereocenters. The SMILES string of the molecule is Cc1c(C=C2C(=O)Nc3ccc(F)cc32)[nH]c2c1CCC(CN)C2. The summed E-state index contributed by atoms with van der Waals surface area (Å²) in [5.41, 5.74) is 12.2. The molecule has 0 saturated carbocycles. The smallest absolute Gasteiger partial charge is 0.256 e. The Labute approximate surface area is 139 Å². The number of benzene rings is 1. The Kier molecular flexibility index (Phi) is 3.53. The lowest BCUT2D eigenvalue weighted by molar-refractivity contribution is -0.110. The highest BCUT2D eigenvalue weighted by molar-refractivity contribution is 6.34. The summed E-state index contributed by atoms with van der Waals surface area (Å²) < 4.78 is 13.6. The fraction of sp³-hybridized carbons (Fsp3) is 0.316. The molecule has 2 aromatic rings. The number of H-pyrrole nitrogens is 1. The zero-order valence-electron chi connectivity index (χ0n) is 13.6. The Morgan fingerprint density at radius 1 is 1.42 bits per heavy atom. The largest absolute Gasteiger partial charge is 0.358 e. The minimum absolute atomic E-state index is 0.192. The van der Waals surface area contributed by atoms with Crippen molar-refractivity contribution < 1.29 is 9.18 Å². The average Bonchev–Trinajstić information content (AvgIpc) is 3.05. The van der Waals surface area contributed by atoms with E-state index in [9.17, 15) is 9.18 Å². The summed E-state index contributed by atoms with van der Waals surface area (Å²) in [5.74, 6) is -0.0208. The van der Waals surface area contributed by atoms with Gasteiger partial charge in [0.25, 0.3) is 5.91 Å².